The molecule has 0 bridgehead atoms. The summed E-state index contributed by atoms with van der Waals surface area (Å²) in [5.74, 6) is 0.866. The Kier molecular flexibility index (Phi) is 4.37. The zero-order valence-electron chi connectivity index (χ0n) is 14.4. The van der Waals surface area contributed by atoms with Crippen LogP contribution in [0.5, 0.6) is 0 Å². The zero-order valence-corrected chi connectivity index (χ0v) is 14.4. The topological polar surface area (TPSA) is 55.8 Å². The Bertz CT molecular complexity index is 602. The fourth-order valence-corrected chi connectivity index (χ4v) is 4.01. The Balaban J connectivity index is 1.48. The van der Waals surface area contributed by atoms with Crippen molar-refractivity contribution in [1.82, 2.24) is 24.7 Å². The predicted molar refractivity (Wildman–Crippen MR) is 92.2 cm³/mol. The molecule has 4 rings (SSSR count). The van der Waals surface area contributed by atoms with Gasteiger partial charge < -0.3 is 14.7 Å². The molecule has 1 aromatic heterocycles. The first-order valence-electron chi connectivity index (χ1n) is 8.99. The summed E-state index contributed by atoms with van der Waals surface area (Å²) in [7, 11) is 2.19. The minimum Gasteiger partial charge on any atom is -0.352 e. The Morgan fingerprint density at radius 1 is 1.04 bits per heavy atom. The van der Waals surface area contributed by atoms with Gasteiger partial charge in [0.25, 0.3) is 5.91 Å². The molecule has 130 valence electrons. The smallest absolute Gasteiger partial charge is 0.274 e. The maximum absolute atomic E-state index is 12.5. The maximum atomic E-state index is 12.5. The minimum atomic E-state index is 0.0258. The van der Waals surface area contributed by atoms with Crippen molar-refractivity contribution in [2.45, 2.75) is 18.9 Å². The van der Waals surface area contributed by atoms with Crippen LogP contribution >= 0.6 is 0 Å². The van der Waals surface area contributed by atoms with Gasteiger partial charge in [-0.15, -0.1) is 0 Å². The Morgan fingerprint density at radius 2 is 1.83 bits per heavy atom. The fraction of sp³-hybridized carbons (Fsp3) is 0.706. The van der Waals surface area contributed by atoms with Gasteiger partial charge in [-0.3, -0.25) is 14.7 Å². The number of hydrogen-bond acceptors (Lipinski definition) is 6. The molecule has 7 heteroatoms. The molecule has 0 N–H and O–H groups in total. The summed E-state index contributed by atoms with van der Waals surface area (Å²) in [4.78, 5) is 30.6. The number of aromatic nitrogens is 2. The van der Waals surface area contributed by atoms with E-state index in [1.165, 1.54) is 0 Å². The van der Waals surface area contributed by atoms with Crippen molar-refractivity contribution < 1.29 is 4.79 Å². The quantitative estimate of drug-likeness (QED) is 0.769. The van der Waals surface area contributed by atoms with Crippen LogP contribution in [0.3, 0.4) is 0 Å². The monoisotopic (exact) mass is 330 g/mol. The summed E-state index contributed by atoms with van der Waals surface area (Å²) in [5, 5.41) is 0. The third-order valence-electron chi connectivity index (χ3n) is 5.45. The Morgan fingerprint density at radius 3 is 2.67 bits per heavy atom. The van der Waals surface area contributed by atoms with E-state index in [2.05, 4.69) is 31.7 Å². The summed E-state index contributed by atoms with van der Waals surface area (Å²) < 4.78 is 0. The van der Waals surface area contributed by atoms with Crippen molar-refractivity contribution in [1.29, 1.82) is 0 Å². The first kappa shape index (κ1) is 15.8. The van der Waals surface area contributed by atoms with Crippen molar-refractivity contribution >= 4 is 11.7 Å². The van der Waals surface area contributed by atoms with E-state index in [-0.39, 0.29) is 5.91 Å². The minimum absolute atomic E-state index is 0.0258. The second kappa shape index (κ2) is 6.64. The van der Waals surface area contributed by atoms with Gasteiger partial charge in [0.15, 0.2) is 0 Å². The van der Waals surface area contributed by atoms with Crippen LogP contribution in [0.4, 0.5) is 5.82 Å². The molecule has 0 radical (unpaired) electrons. The lowest BCUT2D eigenvalue weighted by atomic mass is 10.1. The number of fused-ring (bicyclic) bond motifs is 1. The highest BCUT2D eigenvalue weighted by atomic mass is 16.2. The van der Waals surface area contributed by atoms with Crippen molar-refractivity contribution in [2.24, 2.45) is 0 Å². The molecule has 3 aliphatic heterocycles. The van der Waals surface area contributed by atoms with E-state index in [0.29, 0.717) is 11.7 Å². The summed E-state index contributed by atoms with van der Waals surface area (Å²) in [6, 6.07) is 0.539. The number of nitrogens with zero attached hydrogens (tertiary/aromatic N) is 6. The fourth-order valence-electron chi connectivity index (χ4n) is 4.01. The van der Waals surface area contributed by atoms with Gasteiger partial charge in [-0.2, -0.15) is 0 Å². The van der Waals surface area contributed by atoms with E-state index < -0.39 is 0 Å². The predicted octanol–water partition coefficient (Wildman–Crippen LogP) is 0.149. The molecule has 4 heterocycles. The summed E-state index contributed by atoms with van der Waals surface area (Å²) >= 11 is 0. The molecule has 0 aliphatic carbocycles. The van der Waals surface area contributed by atoms with Crippen LogP contribution in [-0.4, -0.2) is 96.0 Å². The molecule has 1 aromatic rings. The number of anilines is 1. The molecule has 3 saturated heterocycles. The normalized spacial score (nSPS) is 25.8. The van der Waals surface area contributed by atoms with E-state index in [1.807, 2.05) is 4.90 Å². The number of piperazine rings is 2. The van der Waals surface area contributed by atoms with Gasteiger partial charge in [0.05, 0.1) is 12.4 Å². The van der Waals surface area contributed by atoms with Gasteiger partial charge in [-0.25, -0.2) is 4.98 Å². The summed E-state index contributed by atoms with van der Waals surface area (Å²) in [6.45, 7) is 8.05. The summed E-state index contributed by atoms with van der Waals surface area (Å²) in [6.07, 6.45) is 5.59. The second-order valence-electron chi connectivity index (χ2n) is 7.16. The maximum Gasteiger partial charge on any atom is 0.274 e. The average Bonchev–Trinajstić information content (AvgIpc) is 3.15. The van der Waals surface area contributed by atoms with E-state index in [1.54, 1.807) is 12.4 Å². The van der Waals surface area contributed by atoms with Gasteiger partial charge in [0.2, 0.25) is 0 Å². The average molecular weight is 330 g/mol. The van der Waals surface area contributed by atoms with Crippen LogP contribution in [0.25, 0.3) is 0 Å². The van der Waals surface area contributed by atoms with Crippen LogP contribution in [0.1, 0.15) is 23.3 Å². The first-order chi connectivity index (χ1) is 11.7. The number of likely N-dealkylation sites (tertiary alicyclic amines) is 1. The molecule has 7 nitrogen and oxygen atoms in total. The standard InChI is InChI=1S/C17H26N6O/c1-20-6-7-21-8-9-23(13-14(21)12-20)16-11-18-10-15(19-16)17(24)22-4-2-3-5-22/h10-11,14H,2-9,12-13H2,1H3. The Hall–Kier alpha value is -1.73. The lowest BCUT2D eigenvalue weighted by Gasteiger charge is -2.46. The number of hydrogen-bond donors (Lipinski definition) is 0. The molecule has 3 fully saturated rings. The third kappa shape index (κ3) is 3.10. The number of rotatable bonds is 2. The van der Waals surface area contributed by atoms with Crippen LogP contribution < -0.4 is 4.90 Å². The van der Waals surface area contributed by atoms with Gasteiger partial charge in [-0.05, 0) is 19.9 Å². The van der Waals surface area contributed by atoms with Gasteiger partial charge in [-0.1, -0.05) is 0 Å². The second-order valence-corrected chi connectivity index (χ2v) is 7.16. The highest BCUT2D eigenvalue weighted by Gasteiger charge is 2.31. The van der Waals surface area contributed by atoms with E-state index in [9.17, 15) is 4.79 Å². The van der Waals surface area contributed by atoms with Crippen LogP contribution in [0, 0.1) is 0 Å². The van der Waals surface area contributed by atoms with Crippen molar-refractivity contribution in [3.05, 3.63) is 18.1 Å². The molecule has 1 atom stereocenters. The van der Waals surface area contributed by atoms with Gasteiger partial charge >= 0.3 is 0 Å². The van der Waals surface area contributed by atoms with Gasteiger partial charge in [0, 0.05) is 58.4 Å². The van der Waals surface area contributed by atoms with Gasteiger partial charge in [0.1, 0.15) is 11.5 Å². The van der Waals surface area contributed by atoms with E-state index >= 15 is 0 Å². The van der Waals surface area contributed by atoms with Crippen LogP contribution in [-0.2, 0) is 0 Å². The molecule has 0 saturated carbocycles. The molecule has 3 aliphatic rings. The molecular weight excluding hydrogens is 304 g/mol. The lowest BCUT2D eigenvalue weighted by Crippen LogP contribution is -2.61. The Labute approximate surface area is 143 Å². The number of amides is 1. The molecule has 1 unspecified atom stereocenters. The van der Waals surface area contributed by atoms with Crippen molar-refractivity contribution in [3.8, 4) is 0 Å². The van der Waals surface area contributed by atoms with Crippen molar-refractivity contribution in [2.75, 3.05) is 64.3 Å². The highest BCUT2D eigenvalue weighted by Crippen LogP contribution is 2.20. The molecular formula is C17H26N6O. The third-order valence-corrected chi connectivity index (χ3v) is 5.45. The molecule has 0 aromatic carbocycles. The largest absolute Gasteiger partial charge is 0.352 e. The first-order valence-corrected chi connectivity index (χ1v) is 8.99. The van der Waals surface area contributed by atoms with E-state index in [0.717, 1.165) is 71.0 Å². The van der Waals surface area contributed by atoms with E-state index in [4.69, 9.17) is 0 Å². The number of likely N-dealkylation sites (N-methyl/N-ethyl adjacent to an activating group) is 1. The summed E-state index contributed by atoms with van der Waals surface area (Å²) in [5.41, 5.74) is 0.484. The SMILES string of the molecule is CN1CCN2CCN(c3cncc(C(=O)N4CCCC4)n3)CC2C1. The number of carbonyl (C=O) groups is 1. The lowest BCUT2D eigenvalue weighted by molar-refractivity contribution is 0.0783. The zero-order chi connectivity index (χ0) is 16.5. The van der Waals surface area contributed by atoms with Crippen molar-refractivity contribution in [3.63, 3.8) is 0 Å². The molecule has 24 heavy (non-hydrogen) atoms. The molecule has 0 spiro atoms. The highest BCUT2D eigenvalue weighted by molar-refractivity contribution is 5.92. The van der Waals surface area contributed by atoms with Crippen LogP contribution in [0.2, 0.25) is 0 Å². The molecule has 1 amide bonds. The number of carbonyl (C=O) groups excluding carboxylic acids is 1. The van der Waals surface area contributed by atoms with Crippen LogP contribution in [0.15, 0.2) is 12.4 Å².